The Morgan fingerprint density at radius 2 is 2.12 bits per heavy atom. The van der Waals surface area contributed by atoms with Crippen molar-refractivity contribution >= 4 is 5.91 Å². The molecule has 0 aromatic carbocycles. The fourth-order valence-electron chi connectivity index (χ4n) is 3.26. The maximum Gasteiger partial charge on any atom is 0.244 e. The van der Waals surface area contributed by atoms with Crippen LogP contribution in [0.4, 0.5) is 0 Å². The number of likely N-dealkylation sites (tertiary alicyclic amines) is 1. The minimum absolute atomic E-state index is 0.147. The van der Waals surface area contributed by atoms with Gasteiger partial charge in [0.15, 0.2) is 0 Å². The molecule has 1 aliphatic rings. The molecule has 1 aliphatic heterocycles. The van der Waals surface area contributed by atoms with Crippen LogP contribution in [0.1, 0.15) is 30.0 Å². The van der Waals surface area contributed by atoms with E-state index >= 15 is 0 Å². The van der Waals surface area contributed by atoms with Gasteiger partial charge in [-0.2, -0.15) is 5.10 Å². The summed E-state index contributed by atoms with van der Waals surface area (Å²) in [7, 11) is 3.79. The van der Waals surface area contributed by atoms with Gasteiger partial charge in [-0.05, 0) is 49.5 Å². The summed E-state index contributed by atoms with van der Waals surface area (Å²) in [6.07, 6.45) is 10.6. The van der Waals surface area contributed by atoms with Crippen molar-refractivity contribution in [3.63, 3.8) is 0 Å². The summed E-state index contributed by atoms with van der Waals surface area (Å²) in [5, 5.41) is 4.18. The van der Waals surface area contributed by atoms with Crippen molar-refractivity contribution in [1.82, 2.24) is 24.6 Å². The van der Waals surface area contributed by atoms with Crippen molar-refractivity contribution in [2.24, 2.45) is 7.05 Å². The number of carbonyl (C=O) groups excluding carboxylic acids is 1. The minimum atomic E-state index is -0.222. The number of amides is 1. The zero-order valence-electron chi connectivity index (χ0n) is 14.4. The van der Waals surface area contributed by atoms with Crippen molar-refractivity contribution in [3.05, 3.63) is 48.0 Å². The Morgan fingerprint density at radius 3 is 2.75 bits per heavy atom. The van der Waals surface area contributed by atoms with Gasteiger partial charge in [0.1, 0.15) is 6.04 Å². The predicted molar refractivity (Wildman–Crippen MR) is 92.3 cm³/mol. The second-order valence-electron chi connectivity index (χ2n) is 6.46. The summed E-state index contributed by atoms with van der Waals surface area (Å²) in [6.45, 7) is 2.64. The molecule has 6 nitrogen and oxygen atoms in total. The smallest absolute Gasteiger partial charge is 0.244 e. The van der Waals surface area contributed by atoms with Crippen LogP contribution < -0.4 is 0 Å². The Labute approximate surface area is 143 Å². The zero-order valence-corrected chi connectivity index (χ0v) is 14.4. The number of carbonyl (C=O) groups is 1. The molecule has 1 amide bonds. The van der Waals surface area contributed by atoms with E-state index in [1.807, 2.05) is 49.7 Å². The molecule has 0 saturated carbocycles. The lowest BCUT2D eigenvalue weighted by atomic mass is 10.1. The number of hydrogen-bond donors (Lipinski definition) is 0. The fraction of sp³-hybridized carbons (Fsp3) is 0.500. The van der Waals surface area contributed by atoms with Crippen LogP contribution in [0.15, 0.2) is 36.9 Å². The van der Waals surface area contributed by atoms with E-state index in [1.54, 1.807) is 10.9 Å². The number of pyridine rings is 1. The molecular weight excluding hydrogens is 302 g/mol. The van der Waals surface area contributed by atoms with Crippen molar-refractivity contribution in [2.75, 3.05) is 26.7 Å². The summed E-state index contributed by atoms with van der Waals surface area (Å²) in [6, 6.07) is 3.68. The van der Waals surface area contributed by atoms with Crippen LogP contribution >= 0.6 is 0 Å². The van der Waals surface area contributed by atoms with Gasteiger partial charge in [-0.3, -0.25) is 19.4 Å². The van der Waals surface area contributed by atoms with Crippen LogP contribution in [-0.2, 0) is 18.3 Å². The highest BCUT2D eigenvalue weighted by Crippen LogP contribution is 2.26. The van der Waals surface area contributed by atoms with Gasteiger partial charge in [0.05, 0.1) is 6.20 Å². The third kappa shape index (κ3) is 3.82. The predicted octanol–water partition coefficient (Wildman–Crippen LogP) is 1.65. The van der Waals surface area contributed by atoms with E-state index in [0.29, 0.717) is 6.54 Å². The topological polar surface area (TPSA) is 54.3 Å². The van der Waals surface area contributed by atoms with Crippen LogP contribution in [-0.4, -0.2) is 57.2 Å². The Kier molecular flexibility index (Phi) is 5.25. The second kappa shape index (κ2) is 7.57. The maximum atomic E-state index is 13.1. The van der Waals surface area contributed by atoms with E-state index in [4.69, 9.17) is 0 Å². The van der Waals surface area contributed by atoms with Crippen molar-refractivity contribution < 1.29 is 4.79 Å². The second-order valence-corrected chi connectivity index (χ2v) is 6.46. The molecule has 6 heteroatoms. The number of hydrogen-bond acceptors (Lipinski definition) is 4. The van der Waals surface area contributed by atoms with Gasteiger partial charge in [-0.25, -0.2) is 0 Å². The molecule has 1 fully saturated rings. The van der Waals surface area contributed by atoms with E-state index in [0.717, 1.165) is 43.5 Å². The molecule has 2 aromatic heterocycles. The van der Waals surface area contributed by atoms with Crippen LogP contribution in [0.3, 0.4) is 0 Å². The lowest BCUT2D eigenvalue weighted by molar-refractivity contribution is -0.135. The van der Waals surface area contributed by atoms with E-state index in [-0.39, 0.29) is 11.9 Å². The Bertz CT molecular complexity index is 663. The quantitative estimate of drug-likeness (QED) is 0.810. The van der Waals surface area contributed by atoms with Crippen molar-refractivity contribution in [2.45, 2.75) is 25.3 Å². The molecule has 0 spiro atoms. The van der Waals surface area contributed by atoms with Crippen molar-refractivity contribution in [1.29, 1.82) is 0 Å². The first-order valence-electron chi connectivity index (χ1n) is 8.51. The normalized spacial score (nSPS) is 16.2. The highest BCUT2D eigenvalue weighted by Gasteiger charge is 2.31. The number of nitrogens with zero attached hydrogens (tertiary/aromatic N) is 5. The summed E-state index contributed by atoms with van der Waals surface area (Å²) in [5.41, 5.74) is 2.13. The molecule has 0 radical (unpaired) electrons. The van der Waals surface area contributed by atoms with Crippen LogP contribution in [0, 0.1) is 0 Å². The highest BCUT2D eigenvalue weighted by molar-refractivity contribution is 5.83. The summed E-state index contributed by atoms with van der Waals surface area (Å²) in [4.78, 5) is 21.4. The fourth-order valence-corrected chi connectivity index (χ4v) is 3.26. The maximum absolute atomic E-state index is 13.1. The van der Waals surface area contributed by atoms with E-state index in [9.17, 15) is 4.79 Å². The summed E-state index contributed by atoms with van der Waals surface area (Å²) >= 11 is 0. The lowest BCUT2D eigenvalue weighted by Crippen LogP contribution is -2.41. The van der Waals surface area contributed by atoms with E-state index in [1.165, 1.54) is 0 Å². The van der Waals surface area contributed by atoms with Gasteiger partial charge in [0.25, 0.3) is 0 Å². The first kappa shape index (κ1) is 16.6. The van der Waals surface area contributed by atoms with Gasteiger partial charge < -0.3 is 4.90 Å². The SMILES string of the molecule is CN(CCc1cnn(C)c1)C(=O)[C@H](c1cccnc1)N1CCCC1. The molecule has 24 heavy (non-hydrogen) atoms. The molecule has 3 rings (SSSR count). The lowest BCUT2D eigenvalue weighted by Gasteiger charge is -2.30. The number of aromatic nitrogens is 3. The molecule has 1 saturated heterocycles. The Balaban J connectivity index is 1.70. The van der Waals surface area contributed by atoms with Crippen LogP contribution in [0.5, 0.6) is 0 Å². The average molecular weight is 327 g/mol. The summed E-state index contributed by atoms with van der Waals surface area (Å²) < 4.78 is 1.79. The molecule has 128 valence electrons. The standard InChI is InChI=1S/C18H25N5O/c1-21(11-7-15-12-20-22(2)14-15)18(24)17(23-9-3-4-10-23)16-6-5-8-19-13-16/h5-6,8,12-14,17H,3-4,7,9-11H2,1-2H3/t17-/m0/s1. The van der Waals surface area contributed by atoms with Gasteiger partial charge in [-0.1, -0.05) is 6.07 Å². The minimum Gasteiger partial charge on any atom is -0.344 e. The first-order chi connectivity index (χ1) is 11.6. The van der Waals surface area contributed by atoms with Gasteiger partial charge in [0, 0.05) is 39.2 Å². The van der Waals surface area contributed by atoms with E-state index in [2.05, 4.69) is 15.0 Å². The largest absolute Gasteiger partial charge is 0.344 e. The van der Waals surface area contributed by atoms with Gasteiger partial charge >= 0.3 is 0 Å². The zero-order chi connectivity index (χ0) is 16.9. The molecule has 0 bridgehead atoms. The molecule has 1 atom stereocenters. The average Bonchev–Trinajstić information content (AvgIpc) is 3.26. The highest BCUT2D eigenvalue weighted by atomic mass is 16.2. The monoisotopic (exact) mass is 327 g/mol. The van der Waals surface area contributed by atoms with Crippen LogP contribution in [0.25, 0.3) is 0 Å². The van der Waals surface area contributed by atoms with Crippen LogP contribution in [0.2, 0.25) is 0 Å². The molecular formula is C18H25N5O. The first-order valence-corrected chi connectivity index (χ1v) is 8.51. The third-order valence-corrected chi connectivity index (χ3v) is 4.61. The van der Waals surface area contributed by atoms with Gasteiger partial charge in [0.2, 0.25) is 5.91 Å². The molecule has 2 aromatic rings. The molecule has 0 unspecified atom stereocenters. The molecule has 0 N–H and O–H groups in total. The van der Waals surface area contributed by atoms with E-state index < -0.39 is 0 Å². The Morgan fingerprint density at radius 1 is 1.33 bits per heavy atom. The molecule has 3 heterocycles. The third-order valence-electron chi connectivity index (χ3n) is 4.61. The Hall–Kier alpha value is -2.21. The molecule has 0 aliphatic carbocycles. The number of aryl methyl sites for hydroxylation is 1. The number of likely N-dealkylation sites (N-methyl/N-ethyl adjacent to an activating group) is 1. The summed E-state index contributed by atoms with van der Waals surface area (Å²) in [5.74, 6) is 0.147. The number of rotatable bonds is 6. The van der Waals surface area contributed by atoms with Gasteiger partial charge in [-0.15, -0.1) is 0 Å². The van der Waals surface area contributed by atoms with Crippen molar-refractivity contribution in [3.8, 4) is 0 Å².